The van der Waals surface area contributed by atoms with Crippen molar-refractivity contribution in [2.45, 2.75) is 33.1 Å². The molecule has 0 nitrogen and oxygen atoms in total. The van der Waals surface area contributed by atoms with Crippen LogP contribution in [0.4, 0.5) is 0 Å². The second-order valence-corrected chi connectivity index (χ2v) is 2.54. The van der Waals surface area contributed by atoms with E-state index in [4.69, 9.17) is 11.6 Å². The van der Waals surface area contributed by atoms with E-state index in [1.165, 1.54) is 19.3 Å². The minimum atomic E-state index is 0.827. The first-order chi connectivity index (χ1) is 5.33. The van der Waals surface area contributed by atoms with Crippen molar-refractivity contribution in [1.82, 2.24) is 0 Å². The van der Waals surface area contributed by atoms with E-state index in [0.29, 0.717) is 0 Å². The van der Waals surface area contributed by atoms with Gasteiger partial charge < -0.3 is 0 Å². The average molecular weight is 175 g/mol. The molecule has 0 unspecified atom stereocenters. The van der Waals surface area contributed by atoms with Crippen LogP contribution in [0.2, 0.25) is 0 Å². The summed E-state index contributed by atoms with van der Waals surface area (Å²) in [6.07, 6.45) is 9.31. The highest BCUT2D eigenvalue weighted by molar-refractivity contribution is 6.17. The molecule has 0 aliphatic heterocycles. The number of rotatable bonds is 4. The normalized spacial score (nSPS) is 9.00. The van der Waals surface area contributed by atoms with Gasteiger partial charge in [-0.2, -0.15) is 0 Å². The van der Waals surface area contributed by atoms with E-state index in [2.05, 4.69) is 13.5 Å². The number of unbranched alkanes of at least 4 members (excludes halogenated alkanes) is 2. The summed E-state index contributed by atoms with van der Waals surface area (Å²) in [5.74, 6) is 0.827. The predicted molar refractivity (Wildman–Crippen MR) is 55.3 cm³/mol. The van der Waals surface area contributed by atoms with Crippen LogP contribution in [0.5, 0.6) is 0 Å². The summed E-state index contributed by atoms with van der Waals surface area (Å²) in [5.41, 5.74) is 0. The van der Waals surface area contributed by atoms with E-state index >= 15 is 0 Å². The molecule has 0 aliphatic carbocycles. The first-order valence-corrected chi connectivity index (χ1v) is 4.66. The molecule has 0 aliphatic rings. The van der Waals surface area contributed by atoms with Gasteiger partial charge in [-0.05, 0) is 13.3 Å². The van der Waals surface area contributed by atoms with Gasteiger partial charge in [-0.15, -0.1) is 11.6 Å². The lowest BCUT2D eigenvalue weighted by Crippen LogP contribution is -1.70. The summed E-state index contributed by atoms with van der Waals surface area (Å²) in [5, 5.41) is 0. The number of hydrogen-bond acceptors (Lipinski definition) is 0. The zero-order valence-corrected chi connectivity index (χ0v) is 8.40. The Bertz CT molecular complexity index is 80.9. The van der Waals surface area contributed by atoms with Crippen LogP contribution in [0.3, 0.4) is 0 Å². The lowest BCUT2D eigenvalue weighted by atomic mass is 10.3. The molecular formula is C10H19Cl. The van der Waals surface area contributed by atoms with E-state index in [9.17, 15) is 0 Å². The molecule has 0 amide bonds. The third-order valence-electron chi connectivity index (χ3n) is 1.07. The van der Waals surface area contributed by atoms with Crippen molar-refractivity contribution in [3.8, 4) is 0 Å². The molecule has 0 bridgehead atoms. The molecule has 0 heterocycles. The molecule has 0 aromatic carbocycles. The second-order valence-electron chi connectivity index (χ2n) is 2.16. The highest BCUT2D eigenvalue weighted by Gasteiger charge is 1.76. The number of halogens is 1. The van der Waals surface area contributed by atoms with Crippen LogP contribution in [-0.2, 0) is 0 Å². The largest absolute Gasteiger partial charge is 0.127 e. The molecular weight excluding hydrogens is 156 g/mol. The van der Waals surface area contributed by atoms with Gasteiger partial charge in [-0.25, -0.2) is 0 Å². The number of hydrogen-bond donors (Lipinski definition) is 0. The fourth-order valence-electron chi connectivity index (χ4n) is 0.481. The van der Waals surface area contributed by atoms with E-state index < -0.39 is 0 Å². The van der Waals surface area contributed by atoms with Gasteiger partial charge in [0.2, 0.25) is 0 Å². The van der Waals surface area contributed by atoms with Crippen LogP contribution in [0, 0.1) is 0 Å². The molecule has 0 N–H and O–H groups in total. The maximum atomic E-state index is 5.38. The van der Waals surface area contributed by atoms with Crippen molar-refractivity contribution in [1.29, 1.82) is 0 Å². The standard InChI is InChI=1S/C5H11Cl.C5H8/c1-2-3-4-5-6;1-3-5-4-2/h2-5H2,1H3;3-5H,1H2,2H3. The Morgan fingerprint density at radius 3 is 2.09 bits per heavy atom. The lowest BCUT2D eigenvalue weighted by molar-refractivity contribution is 0.776. The topological polar surface area (TPSA) is 0 Å². The number of alkyl halides is 1. The molecule has 11 heavy (non-hydrogen) atoms. The molecule has 0 saturated carbocycles. The van der Waals surface area contributed by atoms with Gasteiger partial charge in [0.05, 0.1) is 0 Å². The molecule has 0 radical (unpaired) electrons. The van der Waals surface area contributed by atoms with Crippen LogP contribution in [0.1, 0.15) is 33.1 Å². The molecule has 0 aromatic heterocycles. The second kappa shape index (κ2) is 16.4. The van der Waals surface area contributed by atoms with Crippen LogP contribution in [-0.4, -0.2) is 5.88 Å². The lowest BCUT2D eigenvalue weighted by Gasteiger charge is -1.84. The first kappa shape index (κ1) is 13.4. The van der Waals surface area contributed by atoms with Gasteiger partial charge >= 0.3 is 0 Å². The molecule has 0 aromatic rings. The Morgan fingerprint density at radius 2 is 2.00 bits per heavy atom. The predicted octanol–water partition coefficient (Wildman–Crippen LogP) is 4.16. The van der Waals surface area contributed by atoms with Gasteiger partial charge in [-0.3, -0.25) is 0 Å². The molecule has 0 spiro atoms. The number of allylic oxidation sites excluding steroid dienone is 3. The van der Waals surface area contributed by atoms with Crippen molar-refractivity contribution in [3.05, 3.63) is 24.8 Å². The minimum absolute atomic E-state index is 0.827. The quantitative estimate of drug-likeness (QED) is 0.341. The fraction of sp³-hybridized carbons (Fsp3) is 0.600. The van der Waals surface area contributed by atoms with Crippen molar-refractivity contribution >= 4 is 11.6 Å². The average Bonchev–Trinajstić information content (AvgIpc) is 2.04. The van der Waals surface area contributed by atoms with Crippen LogP contribution < -0.4 is 0 Å². The Kier molecular flexibility index (Phi) is 19.9. The zero-order valence-electron chi connectivity index (χ0n) is 7.65. The summed E-state index contributed by atoms with van der Waals surface area (Å²) in [7, 11) is 0. The Labute approximate surface area is 76.0 Å². The van der Waals surface area contributed by atoms with Crippen LogP contribution >= 0.6 is 11.6 Å². The van der Waals surface area contributed by atoms with E-state index in [1.54, 1.807) is 6.08 Å². The van der Waals surface area contributed by atoms with Gasteiger partial charge in [-0.1, -0.05) is 44.6 Å². The maximum absolute atomic E-state index is 5.38. The van der Waals surface area contributed by atoms with E-state index in [1.807, 2.05) is 19.1 Å². The molecule has 0 fully saturated rings. The first-order valence-electron chi connectivity index (χ1n) is 4.13. The third kappa shape index (κ3) is 25.9. The van der Waals surface area contributed by atoms with Gasteiger partial charge in [0, 0.05) is 5.88 Å². The van der Waals surface area contributed by atoms with Gasteiger partial charge in [0.25, 0.3) is 0 Å². The molecule has 0 rings (SSSR count). The zero-order chi connectivity index (χ0) is 8.95. The third-order valence-corrected chi connectivity index (χ3v) is 1.33. The van der Waals surface area contributed by atoms with Crippen molar-refractivity contribution < 1.29 is 0 Å². The van der Waals surface area contributed by atoms with Crippen molar-refractivity contribution in [2.24, 2.45) is 0 Å². The Morgan fingerprint density at radius 1 is 1.36 bits per heavy atom. The molecule has 66 valence electrons. The monoisotopic (exact) mass is 174 g/mol. The summed E-state index contributed by atoms with van der Waals surface area (Å²) >= 11 is 5.38. The molecule has 0 saturated heterocycles. The minimum Gasteiger partial charge on any atom is -0.127 e. The Balaban J connectivity index is 0. The van der Waals surface area contributed by atoms with Crippen molar-refractivity contribution in [3.63, 3.8) is 0 Å². The van der Waals surface area contributed by atoms with Crippen molar-refractivity contribution in [2.75, 3.05) is 5.88 Å². The smallest absolute Gasteiger partial charge is 0.0223 e. The van der Waals surface area contributed by atoms with Gasteiger partial charge in [0.15, 0.2) is 0 Å². The Hall–Kier alpha value is -0.230. The maximum Gasteiger partial charge on any atom is 0.0223 e. The summed E-state index contributed by atoms with van der Waals surface area (Å²) in [6.45, 7) is 7.60. The van der Waals surface area contributed by atoms with Gasteiger partial charge in [0.1, 0.15) is 0 Å². The molecule has 0 atom stereocenters. The fourth-order valence-corrected chi connectivity index (χ4v) is 0.670. The molecule has 1 heteroatoms. The summed E-state index contributed by atoms with van der Waals surface area (Å²) < 4.78 is 0. The highest BCUT2D eigenvalue weighted by atomic mass is 35.5. The van der Waals surface area contributed by atoms with E-state index in [0.717, 1.165) is 5.88 Å². The van der Waals surface area contributed by atoms with Crippen LogP contribution in [0.25, 0.3) is 0 Å². The van der Waals surface area contributed by atoms with Crippen LogP contribution in [0.15, 0.2) is 24.8 Å². The summed E-state index contributed by atoms with van der Waals surface area (Å²) in [4.78, 5) is 0. The SMILES string of the molecule is C=CC=CC.CCCCCCl. The van der Waals surface area contributed by atoms with E-state index in [-0.39, 0.29) is 0 Å². The highest BCUT2D eigenvalue weighted by Crippen LogP contribution is 1.93. The summed E-state index contributed by atoms with van der Waals surface area (Å²) in [6, 6.07) is 0.